The predicted molar refractivity (Wildman–Crippen MR) is 109 cm³/mol. The van der Waals surface area contributed by atoms with Gasteiger partial charge in [-0.3, -0.25) is 4.98 Å². The Hall–Kier alpha value is -2.22. The Kier molecular flexibility index (Phi) is 9.01. The van der Waals surface area contributed by atoms with E-state index in [1.54, 1.807) is 54.7 Å². The molecular weight excluding hydrogens is 377 g/mol. The fourth-order valence-electron chi connectivity index (χ4n) is 2.31. The summed E-state index contributed by atoms with van der Waals surface area (Å²) in [5.41, 5.74) is -0.302. The van der Waals surface area contributed by atoms with Crippen LogP contribution in [0.5, 0.6) is 0 Å². The summed E-state index contributed by atoms with van der Waals surface area (Å²) >= 11 is 0. The molecule has 29 heavy (non-hydrogen) atoms. The van der Waals surface area contributed by atoms with Gasteiger partial charge in [0.15, 0.2) is 0 Å². The highest BCUT2D eigenvalue weighted by Gasteiger charge is 2.30. The zero-order valence-electron chi connectivity index (χ0n) is 18.6. The minimum Gasteiger partial charge on any atom is -0.443 e. The van der Waals surface area contributed by atoms with Crippen molar-refractivity contribution in [2.75, 3.05) is 13.1 Å². The Morgan fingerprint density at radius 1 is 1.07 bits per heavy atom. The van der Waals surface area contributed by atoms with E-state index in [0.717, 1.165) is 10.5 Å². The summed E-state index contributed by atoms with van der Waals surface area (Å²) in [4.78, 5) is 29.8. The van der Waals surface area contributed by atoms with Gasteiger partial charge in [0.1, 0.15) is 17.0 Å². The highest BCUT2D eigenvalue weighted by Crippen LogP contribution is 2.15. The zero-order chi connectivity index (χ0) is 22.2. The van der Waals surface area contributed by atoms with Gasteiger partial charge in [-0.25, -0.2) is 18.9 Å². The molecule has 0 atom stereocenters. The van der Waals surface area contributed by atoms with Gasteiger partial charge >= 0.3 is 12.2 Å². The van der Waals surface area contributed by atoms with Crippen LogP contribution in [0.25, 0.3) is 0 Å². The van der Waals surface area contributed by atoms with Crippen LogP contribution in [0, 0.1) is 12.7 Å². The lowest BCUT2D eigenvalue weighted by Gasteiger charge is -2.28. The van der Waals surface area contributed by atoms with Crippen molar-refractivity contribution in [1.82, 2.24) is 15.2 Å². The van der Waals surface area contributed by atoms with Crippen molar-refractivity contribution in [3.05, 3.63) is 29.3 Å². The molecule has 0 bridgehead atoms. The van der Waals surface area contributed by atoms with Gasteiger partial charge in [-0.05, 0) is 79.5 Å². The summed E-state index contributed by atoms with van der Waals surface area (Å²) in [6, 6.07) is 1.45. The summed E-state index contributed by atoms with van der Waals surface area (Å²) in [5.74, 6) is -0.335. The number of imide groups is 1. The van der Waals surface area contributed by atoms with E-state index in [2.05, 4.69) is 10.3 Å². The van der Waals surface area contributed by atoms with Crippen LogP contribution in [0.4, 0.5) is 14.0 Å². The number of ether oxygens (including phenoxy) is 2. The van der Waals surface area contributed by atoms with Gasteiger partial charge in [-0.1, -0.05) is 0 Å². The van der Waals surface area contributed by atoms with E-state index >= 15 is 0 Å². The van der Waals surface area contributed by atoms with E-state index < -0.39 is 23.4 Å². The maximum atomic E-state index is 13.8. The van der Waals surface area contributed by atoms with E-state index in [9.17, 15) is 14.0 Å². The van der Waals surface area contributed by atoms with Crippen LogP contribution < -0.4 is 5.32 Å². The van der Waals surface area contributed by atoms with Gasteiger partial charge in [-0.2, -0.15) is 0 Å². The van der Waals surface area contributed by atoms with E-state index in [-0.39, 0.29) is 12.4 Å². The maximum absolute atomic E-state index is 13.8. The van der Waals surface area contributed by atoms with E-state index in [1.165, 1.54) is 6.07 Å². The third kappa shape index (κ3) is 10.2. The van der Waals surface area contributed by atoms with Gasteiger partial charge in [0.05, 0.1) is 5.69 Å². The lowest BCUT2D eigenvalue weighted by atomic mass is 10.2. The summed E-state index contributed by atoms with van der Waals surface area (Å²) in [5, 5.41) is 3.12. The van der Waals surface area contributed by atoms with Crippen molar-refractivity contribution in [1.29, 1.82) is 0 Å². The second-order valence-corrected chi connectivity index (χ2v) is 8.94. The zero-order valence-corrected chi connectivity index (χ0v) is 18.6. The molecule has 164 valence electrons. The van der Waals surface area contributed by atoms with E-state index in [1.807, 2.05) is 0 Å². The number of halogens is 1. The standard InChI is InChI=1S/C21H34FN3O4/c1-15-12-16(22)17(24-13-15)14-23-10-8-9-11-25(18(26)28-20(2,3)4)19(27)29-21(5,6)7/h12-13,23H,8-11,14H2,1-7H3. The molecule has 1 aromatic heterocycles. The average Bonchev–Trinajstić information content (AvgIpc) is 2.52. The van der Waals surface area contributed by atoms with Crippen molar-refractivity contribution in [3.8, 4) is 0 Å². The van der Waals surface area contributed by atoms with Crippen LogP contribution in [0.15, 0.2) is 12.3 Å². The molecular formula is C21H34FN3O4. The molecule has 0 aliphatic carbocycles. The minimum absolute atomic E-state index is 0.169. The molecule has 0 fully saturated rings. The number of hydrogen-bond donors (Lipinski definition) is 1. The van der Waals surface area contributed by atoms with Gasteiger partial charge in [0.2, 0.25) is 0 Å². The second-order valence-electron chi connectivity index (χ2n) is 8.94. The third-order valence-electron chi connectivity index (χ3n) is 3.56. The molecule has 8 heteroatoms. The Morgan fingerprint density at radius 3 is 2.10 bits per heavy atom. The Labute approximate surface area is 173 Å². The Balaban J connectivity index is 2.52. The molecule has 7 nitrogen and oxygen atoms in total. The van der Waals surface area contributed by atoms with Crippen LogP contribution in [-0.4, -0.2) is 46.4 Å². The number of carbonyl (C=O) groups excluding carboxylic acids is 2. The highest BCUT2D eigenvalue weighted by atomic mass is 19.1. The lowest BCUT2D eigenvalue weighted by Crippen LogP contribution is -2.44. The number of nitrogens with zero attached hydrogens (tertiary/aromatic N) is 2. The van der Waals surface area contributed by atoms with Crippen LogP contribution in [0.1, 0.15) is 65.6 Å². The van der Waals surface area contributed by atoms with Gasteiger partial charge < -0.3 is 14.8 Å². The van der Waals surface area contributed by atoms with Crippen molar-refractivity contribution in [2.45, 2.75) is 79.1 Å². The fourth-order valence-corrected chi connectivity index (χ4v) is 2.31. The minimum atomic E-state index is -0.731. The molecule has 2 amide bonds. The second kappa shape index (κ2) is 10.5. The molecule has 0 unspecified atom stereocenters. The average molecular weight is 412 g/mol. The first-order chi connectivity index (χ1) is 13.3. The number of hydrogen-bond acceptors (Lipinski definition) is 6. The normalized spacial score (nSPS) is 11.9. The number of carbonyl (C=O) groups is 2. The summed E-state index contributed by atoms with van der Waals surface area (Å²) in [7, 11) is 0. The highest BCUT2D eigenvalue weighted by molar-refractivity contribution is 5.88. The van der Waals surface area contributed by atoms with Gasteiger partial charge in [-0.15, -0.1) is 0 Å². The van der Waals surface area contributed by atoms with Crippen molar-refractivity contribution < 1.29 is 23.5 Å². The lowest BCUT2D eigenvalue weighted by molar-refractivity contribution is 0.00121. The van der Waals surface area contributed by atoms with E-state index in [0.29, 0.717) is 31.6 Å². The number of pyridine rings is 1. The Bertz CT molecular complexity index is 668. The van der Waals surface area contributed by atoms with E-state index in [4.69, 9.17) is 9.47 Å². The number of rotatable bonds is 7. The third-order valence-corrected chi connectivity index (χ3v) is 3.56. The molecule has 1 heterocycles. The molecule has 0 spiro atoms. The van der Waals surface area contributed by atoms with Crippen LogP contribution in [0.3, 0.4) is 0 Å². The smallest absolute Gasteiger partial charge is 0.419 e. The van der Waals surface area contributed by atoms with Crippen molar-refractivity contribution in [3.63, 3.8) is 0 Å². The molecule has 0 saturated carbocycles. The molecule has 1 rings (SSSR count). The van der Waals surface area contributed by atoms with Crippen molar-refractivity contribution >= 4 is 12.2 Å². The molecule has 1 aromatic rings. The van der Waals surface area contributed by atoms with Crippen LogP contribution in [0.2, 0.25) is 0 Å². The summed E-state index contributed by atoms with van der Waals surface area (Å²) in [6.45, 7) is 13.3. The molecule has 0 radical (unpaired) electrons. The number of nitrogens with one attached hydrogen (secondary N) is 1. The molecule has 0 saturated heterocycles. The topological polar surface area (TPSA) is 80.8 Å². The molecule has 0 aromatic carbocycles. The Morgan fingerprint density at radius 2 is 1.62 bits per heavy atom. The van der Waals surface area contributed by atoms with Gasteiger partial charge in [0.25, 0.3) is 0 Å². The number of aromatic nitrogens is 1. The monoisotopic (exact) mass is 411 g/mol. The number of amides is 2. The molecule has 0 aliphatic heterocycles. The first kappa shape index (κ1) is 24.8. The first-order valence-electron chi connectivity index (χ1n) is 9.84. The van der Waals surface area contributed by atoms with Crippen molar-refractivity contribution in [2.24, 2.45) is 0 Å². The first-order valence-corrected chi connectivity index (χ1v) is 9.84. The summed E-state index contributed by atoms with van der Waals surface area (Å²) < 4.78 is 24.4. The quantitative estimate of drug-likeness (QED) is 0.662. The van der Waals surface area contributed by atoms with Crippen LogP contribution in [-0.2, 0) is 16.0 Å². The number of aryl methyl sites for hydroxylation is 1. The maximum Gasteiger partial charge on any atom is 0.419 e. The molecule has 0 aliphatic rings. The predicted octanol–water partition coefficient (Wildman–Crippen LogP) is 4.57. The van der Waals surface area contributed by atoms with Crippen LogP contribution >= 0.6 is 0 Å². The molecule has 1 N–H and O–H groups in total. The van der Waals surface area contributed by atoms with Gasteiger partial charge in [0, 0.05) is 19.3 Å². The largest absolute Gasteiger partial charge is 0.443 e. The fraction of sp³-hybridized carbons (Fsp3) is 0.667. The number of unbranched alkanes of at least 4 members (excludes halogenated alkanes) is 1. The SMILES string of the molecule is Cc1cnc(CNCCCCN(C(=O)OC(C)(C)C)C(=O)OC(C)(C)C)c(F)c1. The summed E-state index contributed by atoms with van der Waals surface area (Å²) in [6.07, 6.45) is 1.39.